The number of carbonyl (C=O) groups is 1. The van der Waals surface area contributed by atoms with E-state index in [9.17, 15) is 4.79 Å². The molecule has 1 aliphatic rings. The zero-order valence-electron chi connectivity index (χ0n) is 10.7. The third kappa shape index (κ3) is 3.76. The van der Waals surface area contributed by atoms with E-state index in [0.717, 1.165) is 19.5 Å². The molecule has 0 aromatic rings. The number of hydrogen-bond donors (Lipinski definition) is 1. The van der Waals surface area contributed by atoms with Gasteiger partial charge in [-0.05, 0) is 26.3 Å². The van der Waals surface area contributed by atoms with Crippen LogP contribution in [0, 0.1) is 5.92 Å². The van der Waals surface area contributed by atoms with Gasteiger partial charge in [-0.2, -0.15) is 0 Å². The number of likely N-dealkylation sites (tertiary alicyclic amines) is 1. The lowest BCUT2D eigenvalue weighted by atomic mass is 9.93. The third-order valence-electron chi connectivity index (χ3n) is 3.35. The average molecular weight is 228 g/mol. The Kier molecular flexibility index (Phi) is 5.77. The van der Waals surface area contributed by atoms with E-state index in [1.165, 1.54) is 0 Å². The van der Waals surface area contributed by atoms with Crippen LogP contribution in [0.25, 0.3) is 0 Å². The number of hydrogen-bond acceptors (Lipinski definition) is 3. The molecule has 0 aromatic carbocycles. The van der Waals surface area contributed by atoms with Gasteiger partial charge < -0.3 is 15.0 Å². The van der Waals surface area contributed by atoms with Crippen molar-refractivity contribution in [1.82, 2.24) is 10.2 Å². The maximum Gasteiger partial charge on any atom is 0.224 e. The van der Waals surface area contributed by atoms with Crippen molar-refractivity contribution in [3.8, 4) is 0 Å². The highest BCUT2D eigenvalue weighted by molar-refractivity contribution is 5.76. The highest BCUT2D eigenvalue weighted by atomic mass is 16.5. The van der Waals surface area contributed by atoms with Crippen LogP contribution in [0.3, 0.4) is 0 Å². The summed E-state index contributed by atoms with van der Waals surface area (Å²) in [4.78, 5) is 13.8. The van der Waals surface area contributed by atoms with E-state index in [2.05, 4.69) is 12.2 Å². The Morgan fingerprint density at radius 1 is 1.56 bits per heavy atom. The largest absolute Gasteiger partial charge is 0.381 e. The molecule has 94 valence electrons. The van der Waals surface area contributed by atoms with E-state index in [1.54, 1.807) is 0 Å². The van der Waals surface area contributed by atoms with Crippen molar-refractivity contribution in [1.29, 1.82) is 0 Å². The highest BCUT2D eigenvalue weighted by Gasteiger charge is 2.27. The van der Waals surface area contributed by atoms with Gasteiger partial charge >= 0.3 is 0 Å². The summed E-state index contributed by atoms with van der Waals surface area (Å²) in [5.74, 6) is 0.876. The van der Waals surface area contributed by atoms with E-state index in [-0.39, 0.29) is 5.91 Å². The molecule has 1 N–H and O–H groups in total. The Balaban J connectivity index is 2.33. The lowest BCUT2D eigenvalue weighted by Gasteiger charge is -2.37. The molecule has 1 amide bonds. The fourth-order valence-corrected chi connectivity index (χ4v) is 2.13. The molecule has 0 spiro atoms. The number of likely N-dealkylation sites (N-methyl/N-ethyl adjacent to an activating group) is 1. The van der Waals surface area contributed by atoms with Crippen molar-refractivity contribution in [2.24, 2.45) is 5.92 Å². The monoisotopic (exact) mass is 228 g/mol. The molecule has 1 rings (SSSR count). The van der Waals surface area contributed by atoms with E-state index in [0.29, 0.717) is 31.6 Å². The molecule has 1 fully saturated rings. The van der Waals surface area contributed by atoms with Crippen molar-refractivity contribution in [3.63, 3.8) is 0 Å². The van der Waals surface area contributed by atoms with Crippen LogP contribution in [0.15, 0.2) is 0 Å². The van der Waals surface area contributed by atoms with Gasteiger partial charge in [-0.3, -0.25) is 4.79 Å². The fraction of sp³-hybridized carbons (Fsp3) is 0.917. The average Bonchev–Trinajstić information content (AvgIpc) is 2.30. The summed E-state index contributed by atoms with van der Waals surface area (Å²) in [5, 5.41) is 3.28. The zero-order valence-corrected chi connectivity index (χ0v) is 10.7. The van der Waals surface area contributed by atoms with Crippen molar-refractivity contribution in [3.05, 3.63) is 0 Å². The number of ether oxygens (including phenoxy) is 1. The first kappa shape index (κ1) is 13.5. The van der Waals surface area contributed by atoms with Crippen LogP contribution in [0.5, 0.6) is 0 Å². The van der Waals surface area contributed by atoms with E-state index >= 15 is 0 Å². The fourth-order valence-electron chi connectivity index (χ4n) is 2.13. The topological polar surface area (TPSA) is 41.6 Å². The van der Waals surface area contributed by atoms with Crippen LogP contribution in [-0.4, -0.2) is 50.2 Å². The number of piperidine rings is 1. The molecule has 2 atom stereocenters. The summed E-state index contributed by atoms with van der Waals surface area (Å²) in [6.45, 7) is 7.15. The molecule has 4 heteroatoms. The van der Waals surface area contributed by atoms with Gasteiger partial charge in [-0.25, -0.2) is 0 Å². The van der Waals surface area contributed by atoms with Gasteiger partial charge in [0.05, 0.1) is 13.0 Å². The van der Waals surface area contributed by atoms with Crippen LogP contribution in [-0.2, 0) is 9.53 Å². The second-order valence-corrected chi connectivity index (χ2v) is 4.45. The van der Waals surface area contributed by atoms with Gasteiger partial charge in [0, 0.05) is 25.7 Å². The number of rotatable bonds is 5. The predicted octanol–water partition coefficient (Wildman–Crippen LogP) is 0.869. The minimum Gasteiger partial charge on any atom is -0.381 e. The minimum atomic E-state index is 0.223. The Morgan fingerprint density at radius 2 is 2.31 bits per heavy atom. The maximum absolute atomic E-state index is 11.9. The van der Waals surface area contributed by atoms with Gasteiger partial charge in [0.1, 0.15) is 0 Å². The van der Waals surface area contributed by atoms with Crippen LogP contribution in [0.2, 0.25) is 0 Å². The van der Waals surface area contributed by atoms with Gasteiger partial charge in [0.15, 0.2) is 0 Å². The van der Waals surface area contributed by atoms with E-state index < -0.39 is 0 Å². The second kappa shape index (κ2) is 6.86. The van der Waals surface area contributed by atoms with Crippen molar-refractivity contribution >= 4 is 5.91 Å². The predicted molar refractivity (Wildman–Crippen MR) is 64.3 cm³/mol. The van der Waals surface area contributed by atoms with Crippen molar-refractivity contribution in [2.75, 3.05) is 33.4 Å². The third-order valence-corrected chi connectivity index (χ3v) is 3.35. The first-order valence-corrected chi connectivity index (χ1v) is 6.21. The number of amides is 1. The van der Waals surface area contributed by atoms with Crippen LogP contribution < -0.4 is 5.32 Å². The quantitative estimate of drug-likeness (QED) is 0.710. The molecule has 16 heavy (non-hydrogen) atoms. The summed E-state index contributed by atoms with van der Waals surface area (Å²) in [6, 6.07) is 0.435. The summed E-state index contributed by atoms with van der Waals surface area (Å²) < 4.78 is 5.21. The summed E-state index contributed by atoms with van der Waals surface area (Å²) in [6.07, 6.45) is 1.60. The zero-order chi connectivity index (χ0) is 12.0. The van der Waals surface area contributed by atoms with E-state index in [4.69, 9.17) is 4.74 Å². The van der Waals surface area contributed by atoms with Gasteiger partial charge in [-0.15, -0.1) is 0 Å². The van der Waals surface area contributed by atoms with Gasteiger partial charge in [-0.1, -0.05) is 6.92 Å². The SMILES string of the molecule is CCOCCC(=O)N1CCC(C)C(NC)C1. The molecule has 1 aliphatic heterocycles. The summed E-state index contributed by atoms with van der Waals surface area (Å²) >= 11 is 0. The second-order valence-electron chi connectivity index (χ2n) is 4.45. The molecule has 0 aliphatic carbocycles. The standard InChI is InChI=1S/C12H24N2O2/c1-4-16-8-6-12(15)14-7-5-10(2)11(9-14)13-3/h10-11,13H,4-9H2,1-3H3. The molecule has 0 radical (unpaired) electrons. The van der Waals surface area contributed by atoms with Gasteiger partial charge in [0.2, 0.25) is 5.91 Å². The van der Waals surface area contributed by atoms with E-state index in [1.807, 2.05) is 18.9 Å². The molecule has 0 aromatic heterocycles. The molecular weight excluding hydrogens is 204 g/mol. The lowest BCUT2D eigenvalue weighted by Crippen LogP contribution is -2.51. The number of nitrogens with one attached hydrogen (secondary N) is 1. The first-order valence-electron chi connectivity index (χ1n) is 6.21. The normalized spacial score (nSPS) is 25.8. The molecule has 1 heterocycles. The molecule has 4 nitrogen and oxygen atoms in total. The first-order chi connectivity index (χ1) is 7.69. The Morgan fingerprint density at radius 3 is 2.94 bits per heavy atom. The highest BCUT2D eigenvalue weighted by Crippen LogP contribution is 2.17. The Hall–Kier alpha value is -0.610. The molecule has 1 saturated heterocycles. The summed E-state index contributed by atoms with van der Waals surface area (Å²) in [7, 11) is 1.97. The van der Waals surface area contributed by atoms with Crippen LogP contribution >= 0.6 is 0 Å². The van der Waals surface area contributed by atoms with Gasteiger partial charge in [0.25, 0.3) is 0 Å². The Labute approximate surface area is 98.3 Å². The smallest absolute Gasteiger partial charge is 0.224 e. The molecule has 2 unspecified atom stereocenters. The van der Waals surface area contributed by atoms with Crippen molar-refractivity contribution < 1.29 is 9.53 Å². The lowest BCUT2D eigenvalue weighted by molar-refractivity contribution is -0.134. The Bertz CT molecular complexity index is 221. The molecular formula is C12H24N2O2. The number of carbonyl (C=O) groups excluding carboxylic acids is 1. The maximum atomic E-state index is 11.9. The van der Waals surface area contributed by atoms with Crippen LogP contribution in [0.1, 0.15) is 26.7 Å². The minimum absolute atomic E-state index is 0.223. The molecule has 0 saturated carbocycles. The summed E-state index contributed by atoms with van der Waals surface area (Å²) in [5.41, 5.74) is 0. The van der Waals surface area contributed by atoms with Crippen LogP contribution in [0.4, 0.5) is 0 Å². The number of nitrogens with zero attached hydrogens (tertiary/aromatic N) is 1. The molecule has 0 bridgehead atoms. The van der Waals surface area contributed by atoms with Crippen molar-refractivity contribution in [2.45, 2.75) is 32.7 Å².